The van der Waals surface area contributed by atoms with E-state index in [0.29, 0.717) is 32.3 Å². The maximum atomic E-state index is 11.2. The third-order valence-corrected chi connectivity index (χ3v) is 5.04. The number of non-ortho nitro benzene ring substituents is 1. The summed E-state index contributed by atoms with van der Waals surface area (Å²) in [5.41, 5.74) is 1.70. The Hall–Kier alpha value is -1.74. The lowest BCUT2D eigenvalue weighted by Gasteiger charge is -2.34. The molecule has 1 aromatic carbocycles. The molecule has 0 bridgehead atoms. The molecule has 8 nitrogen and oxygen atoms in total. The average Bonchev–Trinajstić information content (AvgIpc) is 3.17. The summed E-state index contributed by atoms with van der Waals surface area (Å²) in [5.74, 6) is 1.17. The Balaban J connectivity index is 1.45. The quantitative estimate of drug-likeness (QED) is 0.607. The van der Waals surface area contributed by atoms with Crippen LogP contribution in [0.5, 0.6) is 5.75 Å². The Kier molecular flexibility index (Phi) is 4.85. The topological polar surface area (TPSA) is 83.3 Å². The van der Waals surface area contributed by atoms with Crippen LogP contribution in [0.1, 0.15) is 24.0 Å². The van der Waals surface area contributed by atoms with Crippen LogP contribution >= 0.6 is 0 Å². The SMILES string of the molecule is O=[N+]([O-])c1cc2c(c(CN3CCC(C4OCCO4)CC3)c1)OCOC2. The second-order valence-corrected chi connectivity index (χ2v) is 6.68. The summed E-state index contributed by atoms with van der Waals surface area (Å²) in [6.07, 6.45) is 1.95. The number of likely N-dealkylation sites (tertiary alicyclic amines) is 1. The number of benzene rings is 1. The highest BCUT2D eigenvalue weighted by Gasteiger charge is 2.31. The molecule has 3 aliphatic rings. The highest BCUT2D eigenvalue weighted by Crippen LogP contribution is 2.34. The van der Waals surface area contributed by atoms with E-state index in [0.717, 1.165) is 42.8 Å². The van der Waals surface area contributed by atoms with Crippen molar-refractivity contribution in [3.63, 3.8) is 0 Å². The van der Waals surface area contributed by atoms with Crippen molar-refractivity contribution in [1.29, 1.82) is 0 Å². The summed E-state index contributed by atoms with van der Waals surface area (Å²) in [7, 11) is 0. The van der Waals surface area contributed by atoms with Crippen LogP contribution in [0.15, 0.2) is 12.1 Å². The highest BCUT2D eigenvalue weighted by molar-refractivity contribution is 5.50. The number of fused-ring (bicyclic) bond motifs is 1. The van der Waals surface area contributed by atoms with Crippen molar-refractivity contribution in [3.8, 4) is 5.75 Å². The van der Waals surface area contributed by atoms with Crippen molar-refractivity contribution >= 4 is 5.69 Å². The van der Waals surface area contributed by atoms with Crippen molar-refractivity contribution in [1.82, 2.24) is 4.90 Å². The maximum Gasteiger partial charge on any atom is 0.270 e. The first kappa shape index (κ1) is 16.7. The van der Waals surface area contributed by atoms with Gasteiger partial charge in [-0.1, -0.05) is 0 Å². The fourth-order valence-electron chi connectivity index (χ4n) is 3.78. The van der Waals surface area contributed by atoms with E-state index in [1.54, 1.807) is 12.1 Å². The van der Waals surface area contributed by atoms with Gasteiger partial charge in [0.25, 0.3) is 5.69 Å². The third kappa shape index (κ3) is 3.62. The summed E-state index contributed by atoms with van der Waals surface area (Å²) in [6, 6.07) is 3.17. The first-order valence-electron chi connectivity index (χ1n) is 8.67. The van der Waals surface area contributed by atoms with Crippen LogP contribution in [-0.4, -0.2) is 49.2 Å². The molecule has 0 atom stereocenters. The Morgan fingerprint density at radius 1 is 1.20 bits per heavy atom. The van der Waals surface area contributed by atoms with Gasteiger partial charge >= 0.3 is 0 Å². The van der Waals surface area contributed by atoms with E-state index in [9.17, 15) is 10.1 Å². The molecule has 0 aromatic heterocycles. The predicted octanol–water partition coefficient (Wildman–Crippen LogP) is 2.05. The molecule has 4 rings (SSSR count). The van der Waals surface area contributed by atoms with E-state index in [1.165, 1.54) is 0 Å². The molecule has 0 radical (unpaired) electrons. The number of ether oxygens (including phenoxy) is 4. The molecular weight excluding hydrogens is 328 g/mol. The molecule has 0 unspecified atom stereocenters. The van der Waals surface area contributed by atoms with Crippen LogP contribution in [0.25, 0.3) is 0 Å². The number of nitro benzene ring substituents is 1. The molecule has 0 aliphatic carbocycles. The standard InChI is InChI=1S/C17H22N2O6/c20-19(21)15-7-13(16-14(8-15)10-22-11-25-16)9-18-3-1-12(2-4-18)17-23-5-6-24-17/h7-8,12,17H,1-6,9-11H2. The van der Waals surface area contributed by atoms with Gasteiger partial charge in [-0.15, -0.1) is 0 Å². The van der Waals surface area contributed by atoms with Gasteiger partial charge in [0, 0.05) is 35.7 Å². The number of nitrogens with zero attached hydrogens (tertiary/aromatic N) is 2. The minimum absolute atomic E-state index is 0.0618. The smallest absolute Gasteiger partial charge is 0.270 e. The molecule has 136 valence electrons. The Morgan fingerprint density at radius 3 is 2.68 bits per heavy atom. The molecule has 2 fully saturated rings. The highest BCUT2D eigenvalue weighted by atomic mass is 16.7. The van der Waals surface area contributed by atoms with E-state index in [4.69, 9.17) is 18.9 Å². The van der Waals surface area contributed by atoms with Crippen LogP contribution in [-0.2, 0) is 27.4 Å². The van der Waals surface area contributed by atoms with Gasteiger partial charge in [-0.2, -0.15) is 0 Å². The van der Waals surface area contributed by atoms with Gasteiger partial charge in [0.1, 0.15) is 5.75 Å². The summed E-state index contributed by atoms with van der Waals surface area (Å²) in [5, 5.41) is 11.2. The monoisotopic (exact) mass is 350 g/mol. The largest absolute Gasteiger partial charge is 0.467 e. The number of nitro groups is 1. The van der Waals surface area contributed by atoms with Crippen molar-refractivity contribution < 1.29 is 23.9 Å². The summed E-state index contributed by atoms with van der Waals surface area (Å²) in [4.78, 5) is 13.2. The number of rotatable bonds is 4. The molecule has 3 aliphatic heterocycles. The van der Waals surface area contributed by atoms with Crippen LogP contribution < -0.4 is 4.74 Å². The fourth-order valence-corrected chi connectivity index (χ4v) is 3.78. The van der Waals surface area contributed by atoms with E-state index in [2.05, 4.69) is 4.90 Å². The van der Waals surface area contributed by atoms with E-state index in [1.807, 2.05) is 0 Å². The van der Waals surface area contributed by atoms with Gasteiger partial charge in [0.05, 0.1) is 24.7 Å². The lowest BCUT2D eigenvalue weighted by Crippen LogP contribution is -2.37. The Morgan fingerprint density at radius 2 is 1.96 bits per heavy atom. The number of hydrogen-bond acceptors (Lipinski definition) is 7. The number of piperidine rings is 1. The minimum atomic E-state index is -0.362. The molecule has 0 amide bonds. The fraction of sp³-hybridized carbons (Fsp3) is 0.647. The molecule has 2 saturated heterocycles. The van der Waals surface area contributed by atoms with Crippen LogP contribution in [0.4, 0.5) is 5.69 Å². The minimum Gasteiger partial charge on any atom is -0.467 e. The zero-order chi connectivity index (χ0) is 17.2. The zero-order valence-corrected chi connectivity index (χ0v) is 14.0. The number of hydrogen-bond donors (Lipinski definition) is 0. The van der Waals surface area contributed by atoms with Gasteiger partial charge < -0.3 is 18.9 Å². The lowest BCUT2D eigenvalue weighted by atomic mass is 9.95. The van der Waals surface area contributed by atoms with E-state index >= 15 is 0 Å². The average molecular weight is 350 g/mol. The van der Waals surface area contributed by atoms with Crippen molar-refractivity contribution in [2.45, 2.75) is 32.3 Å². The molecule has 0 saturated carbocycles. The third-order valence-electron chi connectivity index (χ3n) is 5.04. The Labute approximate surface area is 145 Å². The van der Waals surface area contributed by atoms with E-state index in [-0.39, 0.29) is 23.7 Å². The van der Waals surface area contributed by atoms with Crippen LogP contribution in [0.3, 0.4) is 0 Å². The molecule has 1 aromatic rings. The van der Waals surface area contributed by atoms with Crippen LogP contribution in [0, 0.1) is 16.0 Å². The molecule has 0 N–H and O–H groups in total. The maximum absolute atomic E-state index is 11.2. The molecule has 0 spiro atoms. The molecule has 3 heterocycles. The van der Waals surface area contributed by atoms with Crippen molar-refractivity contribution in [3.05, 3.63) is 33.4 Å². The van der Waals surface area contributed by atoms with Gasteiger partial charge in [0.2, 0.25) is 0 Å². The van der Waals surface area contributed by atoms with E-state index < -0.39 is 0 Å². The van der Waals surface area contributed by atoms with Crippen molar-refractivity contribution in [2.24, 2.45) is 5.92 Å². The first-order valence-corrected chi connectivity index (χ1v) is 8.67. The van der Waals surface area contributed by atoms with Crippen molar-refractivity contribution in [2.75, 3.05) is 33.1 Å². The normalized spacial score (nSPS) is 22.6. The zero-order valence-electron chi connectivity index (χ0n) is 14.0. The summed E-state index contributed by atoms with van der Waals surface area (Å²) >= 11 is 0. The molecule has 8 heteroatoms. The summed E-state index contributed by atoms with van der Waals surface area (Å²) in [6.45, 7) is 4.39. The Bertz CT molecular complexity index is 638. The van der Waals surface area contributed by atoms with Gasteiger partial charge in [0.15, 0.2) is 13.1 Å². The lowest BCUT2D eigenvalue weighted by molar-refractivity contribution is -0.385. The predicted molar refractivity (Wildman–Crippen MR) is 87.1 cm³/mol. The van der Waals surface area contributed by atoms with Gasteiger partial charge in [-0.05, 0) is 25.9 Å². The van der Waals surface area contributed by atoms with Gasteiger partial charge in [-0.25, -0.2) is 0 Å². The first-order chi connectivity index (χ1) is 12.2. The molecular formula is C17H22N2O6. The second-order valence-electron chi connectivity index (χ2n) is 6.68. The van der Waals surface area contributed by atoms with Crippen LogP contribution in [0.2, 0.25) is 0 Å². The van der Waals surface area contributed by atoms with Gasteiger partial charge in [-0.3, -0.25) is 15.0 Å². The second kappa shape index (κ2) is 7.25. The summed E-state index contributed by atoms with van der Waals surface area (Å²) < 4.78 is 22.1. The molecule has 25 heavy (non-hydrogen) atoms.